The van der Waals surface area contributed by atoms with Crippen LogP contribution in [-0.2, 0) is 5.41 Å². The first-order valence-electron chi connectivity index (χ1n) is 4.68. The molecule has 0 unspecified atom stereocenters. The summed E-state index contributed by atoms with van der Waals surface area (Å²) in [5, 5.41) is 9.04. The highest BCUT2D eigenvalue weighted by atomic mass is 79.9. The molecule has 0 aliphatic carbocycles. The zero-order valence-corrected chi connectivity index (χ0v) is 10.9. The summed E-state index contributed by atoms with van der Waals surface area (Å²) in [5.74, 6) is -0.234. The van der Waals surface area contributed by atoms with Crippen LogP contribution in [0.2, 0.25) is 0 Å². The lowest BCUT2D eigenvalue weighted by Gasteiger charge is -2.20. The average molecular weight is 270 g/mol. The van der Waals surface area contributed by atoms with E-state index < -0.39 is 5.41 Å². The Hall–Kier alpha value is -0.880. The van der Waals surface area contributed by atoms with E-state index in [2.05, 4.69) is 22.0 Å². The highest BCUT2D eigenvalue weighted by Gasteiger charge is 2.25. The minimum Gasteiger partial charge on any atom is -0.206 e. The maximum absolute atomic E-state index is 13.8. The van der Waals surface area contributed by atoms with Gasteiger partial charge in [0.25, 0.3) is 0 Å². The zero-order valence-electron chi connectivity index (χ0n) is 9.28. The summed E-state index contributed by atoms with van der Waals surface area (Å²) in [4.78, 5) is 0. The minimum atomic E-state index is -0.666. The molecule has 0 aliphatic heterocycles. The Labute approximate surface area is 98.0 Å². The molecule has 1 aromatic rings. The van der Waals surface area contributed by atoms with Crippen LogP contribution in [-0.4, -0.2) is 0 Å². The lowest BCUT2D eigenvalue weighted by molar-refractivity contribution is 0.591. The second-order valence-electron chi connectivity index (χ2n) is 4.21. The quantitative estimate of drug-likeness (QED) is 0.756. The summed E-state index contributed by atoms with van der Waals surface area (Å²) in [5.41, 5.74) is 1.22. The largest absolute Gasteiger partial charge is 0.206 e. The molecule has 1 rings (SSSR count). The van der Waals surface area contributed by atoms with Gasteiger partial charge < -0.3 is 0 Å². The van der Waals surface area contributed by atoms with Crippen molar-refractivity contribution in [2.75, 3.05) is 0 Å². The van der Waals surface area contributed by atoms with Gasteiger partial charge in [0.2, 0.25) is 0 Å². The van der Waals surface area contributed by atoms with E-state index in [1.165, 1.54) is 0 Å². The van der Waals surface area contributed by atoms with E-state index >= 15 is 0 Å². The van der Waals surface area contributed by atoms with Gasteiger partial charge in [0.15, 0.2) is 0 Å². The third-order valence-electron chi connectivity index (χ3n) is 2.64. The molecule has 80 valence electrons. The molecule has 0 aromatic heterocycles. The predicted octanol–water partition coefficient (Wildman–Crippen LogP) is 4.01. The topological polar surface area (TPSA) is 23.8 Å². The molecule has 0 bridgehead atoms. The van der Waals surface area contributed by atoms with Crippen LogP contribution < -0.4 is 0 Å². The molecule has 0 spiro atoms. The normalized spacial score (nSPS) is 11.3. The van der Waals surface area contributed by atoms with Crippen LogP contribution in [0.4, 0.5) is 4.39 Å². The number of hydrogen-bond donors (Lipinski definition) is 0. The molecular weight excluding hydrogens is 257 g/mol. The van der Waals surface area contributed by atoms with E-state index in [4.69, 9.17) is 5.26 Å². The Kier molecular flexibility index (Phi) is 3.20. The lowest BCUT2D eigenvalue weighted by Crippen LogP contribution is -2.17. The highest BCUT2D eigenvalue weighted by Crippen LogP contribution is 2.32. The molecule has 1 aromatic carbocycles. The molecule has 0 heterocycles. The van der Waals surface area contributed by atoms with Crippen LogP contribution in [0, 0.1) is 31.0 Å². The van der Waals surface area contributed by atoms with E-state index in [9.17, 15) is 4.39 Å². The number of nitriles is 1. The van der Waals surface area contributed by atoms with Gasteiger partial charge in [0, 0.05) is 4.47 Å². The van der Waals surface area contributed by atoms with Gasteiger partial charge in [-0.2, -0.15) is 5.26 Å². The standard InChI is InChI=1S/C12H13BrFN/c1-7-9(12(3,4)6-15)5-10(13)8(2)11(7)14/h5H,1-4H3. The van der Waals surface area contributed by atoms with Crippen molar-refractivity contribution in [2.45, 2.75) is 33.1 Å². The van der Waals surface area contributed by atoms with E-state index in [1.807, 2.05) is 6.07 Å². The minimum absolute atomic E-state index is 0.234. The van der Waals surface area contributed by atoms with Crippen molar-refractivity contribution >= 4 is 15.9 Å². The highest BCUT2D eigenvalue weighted by molar-refractivity contribution is 9.10. The number of halogens is 2. The Morgan fingerprint density at radius 3 is 2.33 bits per heavy atom. The van der Waals surface area contributed by atoms with Gasteiger partial charge in [0.1, 0.15) is 5.82 Å². The van der Waals surface area contributed by atoms with Crippen molar-refractivity contribution in [2.24, 2.45) is 0 Å². The maximum atomic E-state index is 13.8. The average Bonchev–Trinajstić information content (AvgIpc) is 2.20. The molecule has 0 atom stereocenters. The summed E-state index contributed by atoms with van der Waals surface area (Å²) in [7, 11) is 0. The fourth-order valence-electron chi connectivity index (χ4n) is 1.56. The Morgan fingerprint density at radius 1 is 1.33 bits per heavy atom. The maximum Gasteiger partial charge on any atom is 0.130 e. The van der Waals surface area contributed by atoms with E-state index in [0.717, 1.165) is 5.56 Å². The van der Waals surface area contributed by atoms with Gasteiger partial charge in [-0.25, -0.2) is 4.39 Å². The van der Waals surface area contributed by atoms with E-state index in [-0.39, 0.29) is 5.82 Å². The summed E-state index contributed by atoms with van der Waals surface area (Å²) < 4.78 is 14.5. The molecule has 0 fully saturated rings. The number of benzene rings is 1. The third-order valence-corrected chi connectivity index (χ3v) is 3.47. The van der Waals surface area contributed by atoms with Crippen molar-refractivity contribution in [3.63, 3.8) is 0 Å². The smallest absolute Gasteiger partial charge is 0.130 e. The van der Waals surface area contributed by atoms with Crippen LogP contribution in [0.15, 0.2) is 10.5 Å². The van der Waals surface area contributed by atoms with Gasteiger partial charge in [-0.05, 0) is 50.5 Å². The van der Waals surface area contributed by atoms with Crippen molar-refractivity contribution in [1.29, 1.82) is 5.26 Å². The first kappa shape index (κ1) is 12.2. The Morgan fingerprint density at radius 2 is 1.87 bits per heavy atom. The van der Waals surface area contributed by atoms with Gasteiger partial charge >= 0.3 is 0 Å². The SMILES string of the molecule is Cc1c(Br)cc(C(C)(C)C#N)c(C)c1F. The molecule has 0 aliphatic rings. The zero-order chi connectivity index (χ0) is 11.8. The Bertz CT molecular complexity index is 444. The van der Waals surface area contributed by atoms with Crippen LogP contribution in [0.3, 0.4) is 0 Å². The predicted molar refractivity (Wildman–Crippen MR) is 62.2 cm³/mol. The molecule has 0 saturated carbocycles. The van der Waals surface area contributed by atoms with Crippen LogP contribution >= 0.6 is 15.9 Å². The first-order chi connectivity index (χ1) is 6.81. The van der Waals surface area contributed by atoms with Crippen molar-refractivity contribution < 1.29 is 4.39 Å². The molecule has 0 radical (unpaired) electrons. The molecule has 0 amide bonds. The van der Waals surface area contributed by atoms with Gasteiger partial charge in [-0.1, -0.05) is 15.9 Å². The number of hydrogen-bond acceptors (Lipinski definition) is 1. The number of nitrogens with zero attached hydrogens (tertiary/aromatic N) is 1. The second-order valence-corrected chi connectivity index (χ2v) is 5.06. The summed E-state index contributed by atoms with van der Waals surface area (Å²) in [6.45, 7) is 7.01. The summed E-state index contributed by atoms with van der Waals surface area (Å²) in [6.07, 6.45) is 0. The fourth-order valence-corrected chi connectivity index (χ4v) is 1.96. The lowest BCUT2D eigenvalue weighted by atomic mass is 9.83. The van der Waals surface area contributed by atoms with Crippen molar-refractivity contribution in [1.82, 2.24) is 0 Å². The molecule has 1 nitrogen and oxygen atoms in total. The van der Waals surface area contributed by atoms with Crippen LogP contribution in [0.1, 0.15) is 30.5 Å². The van der Waals surface area contributed by atoms with Crippen molar-refractivity contribution in [3.05, 3.63) is 33.0 Å². The second kappa shape index (κ2) is 3.94. The molecular formula is C12H13BrFN. The summed E-state index contributed by atoms with van der Waals surface area (Å²) >= 11 is 3.30. The first-order valence-corrected chi connectivity index (χ1v) is 5.47. The van der Waals surface area contributed by atoms with E-state index in [0.29, 0.717) is 15.6 Å². The van der Waals surface area contributed by atoms with Crippen LogP contribution in [0.25, 0.3) is 0 Å². The van der Waals surface area contributed by atoms with Gasteiger partial charge in [-0.3, -0.25) is 0 Å². The number of rotatable bonds is 1. The van der Waals surface area contributed by atoms with Gasteiger partial charge in [0.05, 0.1) is 11.5 Å². The monoisotopic (exact) mass is 269 g/mol. The molecule has 0 saturated heterocycles. The van der Waals surface area contributed by atoms with E-state index in [1.54, 1.807) is 27.7 Å². The molecule has 15 heavy (non-hydrogen) atoms. The van der Waals surface area contributed by atoms with Gasteiger partial charge in [-0.15, -0.1) is 0 Å². The van der Waals surface area contributed by atoms with Crippen LogP contribution in [0.5, 0.6) is 0 Å². The Balaban J connectivity index is 3.54. The molecule has 0 N–H and O–H groups in total. The third kappa shape index (κ3) is 2.05. The molecule has 3 heteroatoms. The summed E-state index contributed by atoms with van der Waals surface area (Å²) in [6, 6.07) is 4.02. The van der Waals surface area contributed by atoms with Crippen molar-refractivity contribution in [3.8, 4) is 6.07 Å². The fraction of sp³-hybridized carbons (Fsp3) is 0.417.